The molecule has 1 rings (SSSR count). The zero-order chi connectivity index (χ0) is 9.52. The molecule has 0 bridgehead atoms. The number of nitrogens with zero attached hydrogens (tertiary/aromatic N) is 2. The van der Waals surface area contributed by atoms with E-state index in [9.17, 15) is 9.59 Å². The third-order valence-electron chi connectivity index (χ3n) is 1.67. The van der Waals surface area contributed by atoms with Crippen molar-refractivity contribution < 1.29 is 9.59 Å². The van der Waals surface area contributed by atoms with Crippen LogP contribution in [0.4, 0.5) is 4.79 Å². The van der Waals surface area contributed by atoms with Gasteiger partial charge in [-0.05, 0) is 6.92 Å². The molecule has 0 spiro atoms. The first kappa shape index (κ1) is 11.2. The van der Waals surface area contributed by atoms with E-state index in [1.807, 2.05) is 22.9 Å². The van der Waals surface area contributed by atoms with Gasteiger partial charge in [-0.3, -0.25) is 4.79 Å². The van der Waals surface area contributed by atoms with Crippen molar-refractivity contribution in [2.75, 3.05) is 4.43 Å². The highest BCUT2D eigenvalue weighted by Crippen LogP contribution is 2.34. The molecule has 7 heteroatoms. The summed E-state index contributed by atoms with van der Waals surface area (Å²) in [5.74, 6) is -0.142. The molecule has 1 aliphatic rings. The summed E-state index contributed by atoms with van der Waals surface area (Å²) in [7, 11) is 0. The molecule has 0 aromatic carbocycles. The van der Waals surface area contributed by atoms with Gasteiger partial charge in [0.25, 0.3) is 5.91 Å². The van der Waals surface area contributed by atoms with Crippen LogP contribution in [0.5, 0.6) is 0 Å². The van der Waals surface area contributed by atoms with Crippen LogP contribution in [0, 0.1) is 0 Å². The van der Waals surface area contributed by atoms with E-state index in [2.05, 4.69) is 22.6 Å². The normalized spacial score (nSPS) is 30.3. The van der Waals surface area contributed by atoms with Crippen molar-refractivity contribution in [2.45, 2.75) is 12.5 Å². The number of carbonyl (C=O) groups excluding carboxylic acids is 2. The summed E-state index contributed by atoms with van der Waals surface area (Å²) >= 11 is 5.72. The summed E-state index contributed by atoms with van der Waals surface area (Å²) in [5.41, 5.74) is -0.667. The van der Waals surface area contributed by atoms with Gasteiger partial charge in [0, 0.05) is 4.43 Å². The van der Waals surface area contributed by atoms with Gasteiger partial charge in [0.05, 0.1) is 45.7 Å². The maximum atomic E-state index is 11.5. The molecule has 0 aromatic rings. The topological polar surface area (TPSA) is 40.6 Å². The van der Waals surface area contributed by atoms with Gasteiger partial charge >= 0.3 is 6.03 Å². The highest BCUT2D eigenvalue weighted by Gasteiger charge is 2.52. The molecule has 1 fully saturated rings. The van der Waals surface area contributed by atoms with E-state index in [0.717, 1.165) is 3.11 Å². The van der Waals surface area contributed by atoms with Gasteiger partial charge in [-0.1, -0.05) is 22.6 Å². The Morgan fingerprint density at radius 3 is 2.08 bits per heavy atom. The predicted molar refractivity (Wildman–Crippen MR) is 69.4 cm³/mol. The minimum atomic E-state index is -0.667. The van der Waals surface area contributed by atoms with Gasteiger partial charge in [-0.25, -0.2) is 7.91 Å². The first-order valence-corrected chi connectivity index (χ1v) is 6.47. The Hall–Kier alpha value is 1.13. The van der Waals surface area contributed by atoms with E-state index >= 15 is 0 Å². The van der Waals surface area contributed by atoms with Crippen molar-refractivity contribution in [1.29, 1.82) is 0 Å². The number of rotatable bonds is 1. The number of alkyl halides is 1. The number of urea groups is 1. The molecule has 12 heavy (non-hydrogen) atoms. The number of carbonyl (C=O) groups is 2. The van der Waals surface area contributed by atoms with Crippen LogP contribution in [-0.2, 0) is 4.79 Å². The number of amides is 3. The van der Waals surface area contributed by atoms with Gasteiger partial charge in [0.2, 0.25) is 0 Å². The molecule has 0 radical (unpaired) electrons. The Bertz CT molecular complexity index is 247. The average Bonchev–Trinajstić information content (AvgIpc) is 2.22. The van der Waals surface area contributed by atoms with Crippen molar-refractivity contribution in [3.05, 3.63) is 0 Å². The zero-order valence-electron chi connectivity index (χ0n) is 6.05. The third-order valence-corrected chi connectivity index (χ3v) is 5.48. The van der Waals surface area contributed by atoms with E-state index in [4.69, 9.17) is 0 Å². The van der Waals surface area contributed by atoms with Crippen LogP contribution in [0.1, 0.15) is 6.92 Å². The van der Waals surface area contributed by atoms with E-state index in [1.165, 1.54) is 3.11 Å². The molecule has 4 nitrogen and oxygen atoms in total. The summed E-state index contributed by atoms with van der Waals surface area (Å²) in [6.45, 7) is 1.77. The van der Waals surface area contributed by atoms with Gasteiger partial charge in [-0.15, -0.1) is 0 Å². The van der Waals surface area contributed by atoms with Crippen molar-refractivity contribution >= 4 is 80.3 Å². The molecular weight excluding hydrogens is 501 g/mol. The van der Waals surface area contributed by atoms with Crippen LogP contribution >= 0.6 is 68.3 Å². The van der Waals surface area contributed by atoms with Crippen LogP contribution in [0.15, 0.2) is 0 Å². The van der Waals surface area contributed by atoms with E-state index in [-0.39, 0.29) is 11.9 Å². The number of hydrogen-bond donors (Lipinski definition) is 0. The first-order chi connectivity index (χ1) is 5.45. The average molecular weight is 506 g/mol. The summed E-state index contributed by atoms with van der Waals surface area (Å²) < 4.78 is 3.19. The number of imide groups is 1. The van der Waals surface area contributed by atoms with Gasteiger partial charge in [-0.2, -0.15) is 3.11 Å². The summed E-state index contributed by atoms with van der Waals surface area (Å²) in [6, 6.07) is -0.250. The fourth-order valence-electron chi connectivity index (χ4n) is 0.780. The lowest BCUT2D eigenvalue weighted by Gasteiger charge is -2.23. The second-order valence-corrected chi connectivity index (χ2v) is 5.25. The summed E-state index contributed by atoms with van der Waals surface area (Å²) in [5, 5.41) is 0. The van der Waals surface area contributed by atoms with Gasteiger partial charge < -0.3 is 0 Å². The van der Waals surface area contributed by atoms with Crippen LogP contribution in [0.2, 0.25) is 0 Å². The quantitative estimate of drug-likeness (QED) is 0.237. The second-order valence-electron chi connectivity index (χ2n) is 2.56. The van der Waals surface area contributed by atoms with Crippen LogP contribution in [0.3, 0.4) is 0 Å². The molecule has 1 atom stereocenters. The fourth-order valence-corrected chi connectivity index (χ4v) is 3.84. The monoisotopic (exact) mass is 506 g/mol. The SMILES string of the molecule is CC1(CI)C(=O)N(I)C(=O)N1I. The number of halogens is 3. The Kier molecular flexibility index (Phi) is 3.46. The fraction of sp³-hybridized carbons (Fsp3) is 0.600. The third kappa shape index (κ3) is 1.44. The Balaban J connectivity index is 3.06. The molecule has 68 valence electrons. The molecule has 0 saturated carbocycles. The van der Waals surface area contributed by atoms with E-state index < -0.39 is 5.54 Å². The molecule has 3 amide bonds. The minimum Gasteiger partial charge on any atom is -0.271 e. The molecule has 0 aliphatic carbocycles. The number of hydrogen-bond acceptors (Lipinski definition) is 2. The molecule has 1 aliphatic heterocycles. The van der Waals surface area contributed by atoms with Crippen molar-refractivity contribution in [1.82, 2.24) is 6.23 Å². The lowest BCUT2D eigenvalue weighted by Crippen LogP contribution is -2.43. The predicted octanol–water partition coefficient (Wildman–Crippen LogP) is 2.14. The zero-order valence-corrected chi connectivity index (χ0v) is 12.5. The van der Waals surface area contributed by atoms with Crippen molar-refractivity contribution in [3.63, 3.8) is 0 Å². The highest BCUT2D eigenvalue weighted by molar-refractivity contribution is 14.1. The van der Waals surface area contributed by atoms with E-state index in [1.54, 1.807) is 29.8 Å². The lowest BCUT2D eigenvalue weighted by atomic mass is 10.1. The molecule has 1 heterocycles. The van der Waals surface area contributed by atoms with Gasteiger partial charge in [0.15, 0.2) is 0 Å². The Labute approximate surface area is 112 Å². The highest BCUT2D eigenvalue weighted by atomic mass is 127. The Morgan fingerprint density at radius 1 is 1.42 bits per heavy atom. The molecule has 1 saturated heterocycles. The maximum Gasteiger partial charge on any atom is 0.345 e. The van der Waals surface area contributed by atoms with Gasteiger partial charge in [0.1, 0.15) is 5.54 Å². The van der Waals surface area contributed by atoms with E-state index in [0.29, 0.717) is 4.43 Å². The Morgan fingerprint density at radius 2 is 1.92 bits per heavy atom. The molecule has 1 unspecified atom stereocenters. The standard InChI is InChI=1S/C5H5I3N2O2/c1-5(2-6)3(11)9(7)4(12)10(5)8/h2H2,1H3. The smallest absolute Gasteiger partial charge is 0.271 e. The second kappa shape index (κ2) is 3.71. The lowest BCUT2D eigenvalue weighted by molar-refractivity contribution is -0.126. The summed E-state index contributed by atoms with van der Waals surface area (Å²) in [4.78, 5) is 22.8. The molecular formula is C5H5I3N2O2. The van der Waals surface area contributed by atoms with Crippen LogP contribution in [-0.4, -0.2) is 28.1 Å². The summed E-state index contributed by atoms with van der Waals surface area (Å²) in [6.07, 6.45) is 0. The maximum absolute atomic E-state index is 11.5. The minimum absolute atomic E-state index is 0.142. The van der Waals surface area contributed by atoms with Crippen molar-refractivity contribution in [2.24, 2.45) is 0 Å². The first-order valence-electron chi connectivity index (χ1n) is 3.01. The van der Waals surface area contributed by atoms with Crippen LogP contribution < -0.4 is 0 Å². The van der Waals surface area contributed by atoms with Crippen molar-refractivity contribution in [3.8, 4) is 0 Å². The molecule has 0 N–H and O–H groups in total. The largest absolute Gasteiger partial charge is 0.345 e. The molecule has 0 aromatic heterocycles. The van der Waals surface area contributed by atoms with Crippen LogP contribution in [0.25, 0.3) is 0 Å².